The second-order valence-corrected chi connectivity index (χ2v) is 11.9. The molecule has 1 aromatic heterocycles. The summed E-state index contributed by atoms with van der Waals surface area (Å²) in [4.78, 5) is 30.4. The number of H-pyrrole nitrogens is 1. The maximum Gasteiger partial charge on any atom is 0.162 e. The van der Waals surface area contributed by atoms with E-state index in [1.54, 1.807) is 7.11 Å². The second-order valence-electron chi connectivity index (χ2n) is 11.9. The first-order valence-corrected chi connectivity index (χ1v) is 15.1. The molecule has 5 rings (SSSR count). The number of ketones is 1. The van der Waals surface area contributed by atoms with E-state index in [9.17, 15) is 4.79 Å². The van der Waals surface area contributed by atoms with Crippen LogP contribution in [-0.2, 0) is 6.42 Å². The Labute approximate surface area is 254 Å². The molecule has 0 aliphatic carbocycles. The molecule has 8 heteroatoms. The van der Waals surface area contributed by atoms with Gasteiger partial charge in [0.25, 0.3) is 0 Å². The highest BCUT2D eigenvalue weighted by Crippen LogP contribution is 2.37. The van der Waals surface area contributed by atoms with E-state index in [1.807, 2.05) is 30.3 Å². The first-order chi connectivity index (χ1) is 20.7. The number of methoxy groups -OCH3 is 1. The van der Waals surface area contributed by atoms with Gasteiger partial charge in [-0.3, -0.25) is 9.79 Å². The summed E-state index contributed by atoms with van der Waals surface area (Å²) in [5.41, 5.74) is 8.57. The van der Waals surface area contributed by atoms with Crippen LogP contribution in [0.1, 0.15) is 52.7 Å². The molecular weight excluding hydrogens is 538 g/mol. The van der Waals surface area contributed by atoms with Crippen molar-refractivity contribution < 1.29 is 14.3 Å². The normalized spacial score (nSPS) is 12.7. The van der Waals surface area contributed by atoms with Gasteiger partial charge >= 0.3 is 0 Å². The van der Waals surface area contributed by atoms with Crippen molar-refractivity contribution in [1.29, 1.82) is 0 Å². The molecule has 226 valence electrons. The van der Waals surface area contributed by atoms with E-state index < -0.39 is 0 Å². The molecule has 1 N–H and O–H groups in total. The van der Waals surface area contributed by atoms with Crippen LogP contribution < -0.4 is 9.47 Å². The maximum atomic E-state index is 12.8. The fourth-order valence-electron chi connectivity index (χ4n) is 5.50. The summed E-state index contributed by atoms with van der Waals surface area (Å²) in [5.74, 6) is 2.45. The van der Waals surface area contributed by atoms with Crippen LogP contribution in [0.5, 0.6) is 11.5 Å². The molecule has 3 aromatic carbocycles. The number of rotatable bonds is 14. The third kappa shape index (κ3) is 7.32. The van der Waals surface area contributed by atoms with E-state index in [-0.39, 0.29) is 5.78 Å². The van der Waals surface area contributed by atoms with Gasteiger partial charge in [0.2, 0.25) is 0 Å². The summed E-state index contributed by atoms with van der Waals surface area (Å²) in [6.07, 6.45) is 4.18. The highest BCUT2D eigenvalue weighted by molar-refractivity contribution is 6.08. The number of ether oxygens (including phenoxy) is 2. The number of nitrogens with zero attached hydrogens (tertiary/aromatic N) is 4. The number of Topliss-reactive ketones (excluding diaryl/α,β-unsaturated/α-hetero) is 1. The van der Waals surface area contributed by atoms with Gasteiger partial charge in [-0.2, -0.15) is 0 Å². The minimum absolute atomic E-state index is 0.163. The predicted molar refractivity (Wildman–Crippen MR) is 175 cm³/mol. The molecule has 0 bridgehead atoms. The maximum absolute atomic E-state index is 12.8. The average Bonchev–Trinajstić information content (AvgIpc) is 3.60. The van der Waals surface area contributed by atoms with Crippen LogP contribution in [0.25, 0.3) is 22.4 Å². The standard InChI is InChI=1S/C35H43N5O3/c1-23-18-28(35-37-29-14-12-25(20-32(29)38-35)33(41)10-7-8-15-39(2)3)34(42-6)22-27(23)31-19-24-11-13-26(21-30(24)36-31)43-17-9-16-40(4)5/h11-14,18,20-22H,7-10,15-17,19H2,1-6H3,(H,37,38). The zero-order valence-corrected chi connectivity index (χ0v) is 26.3. The fraction of sp³-hybridized carbons (Fsp3) is 0.400. The van der Waals surface area contributed by atoms with Crippen LogP contribution in [0.3, 0.4) is 0 Å². The van der Waals surface area contributed by atoms with Crippen molar-refractivity contribution >= 4 is 28.2 Å². The van der Waals surface area contributed by atoms with Crippen molar-refractivity contribution in [1.82, 2.24) is 19.8 Å². The molecule has 0 atom stereocenters. The number of aromatic nitrogens is 2. The summed E-state index contributed by atoms with van der Waals surface area (Å²) in [7, 11) is 9.93. The summed E-state index contributed by atoms with van der Waals surface area (Å²) in [6, 6.07) is 16.1. The molecular formula is C35H43N5O3. The first-order valence-electron chi connectivity index (χ1n) is 15.1. The SMILES string of the molecule is COc1cc(C2=Nc3cc(OCCCN(C)C)ccc3C2)c(C)cc1-c1nc2ccc(C(=O)CCCCN(C)C)cc2[nH]1. The Bertz CT molecular complexity index is 1640. The Hall–Kier alpha value is -4.01. The number of nitrogens with one attached hydrogen (secondary N) is 1. The van der Waals surface area contributed by atoms with Gasteiger partial charge in [-0.15, -0.1) is 0 Å². The number of imidazole rings is 1. The van der Waals surface area contributed by atoms with Gasteiger partial charge in [0.05, 0.1) is 41.7 Å². The van der Waals surface area contributed by atoms with Gasteiger partial charge in [0, 0.05) is 36.6 Å². The lowest BCUT2D eigenvalue weighted by atomic mass is 9.97. The van der Waals surface area contributed by atoms with E-state index in [1.165, 1.54) is 5.56 Å². The lowest BCUT2D eigenvalue weighted by molar-refractivity contribution is 0.0978. The van der Waals surface area contributed by atoms with Crippen molar-refractivity contribution in [2.24, 2.45) is 4.99 Å². The van der Waals surface area contributed by atoms with E-state index in [0.29, 0.717) is 24.4 Å². The molecule has 2 heterocycles. The van der Waals surface area contributed by atoms with Crippen molar-refractivity contribution in [2.45, 2.75) is 39.0 Å². The number of aryl methyl sites for hydroxylation is 1. The minimum atomic E-state index is 0.163. The van der Waals surface area contributed by atoms with E-state index in [2.05, 4.69) is 68.1 Å². The number of carbonyl (C=O) groups excluding carboxylic acids is 1. The second kappa shape index (κ2) is 13.5. The molecule has 0 saturated heterocycles. The Morgan fingerprint density at radius 1 is 0.930 bits per heavy atom. The summed E-state index contributed by atoms with van der Waals surface area (Å²) < 4.78 is 11.8. The van der Waals surface area contributed by atoms with Gasteiger partial charge in [-0.1, -0.05) is 6.07 Å². The van der Waals surface area contributed by atoms with Crippen LogP contribution >= 0.6 is 0 Å². The van der Waals surface area contributed by atoms with Crippen molar-refractivity contribution in [3.8, 4) is 22.9 Å². The quantitative estimate of drug-likeness (QED) is 0.136. The number of aromatic amines is 1. The molecule has 0 unspecified atom stereocenters. The lowest BCUT2D eigenvalue weighted by Gasteiger charge is -2.12. The molecule has 43 heavy (non-hydrogen) atoms. The minimum Gasteiger partial charge on any atom is -0.496 e. The first kappa shape index (κ1) is 30.4. The molecule has 4 aromatic rings. The van der Waals surface area contributed by atoms with Gasteiger partial charge in [-0.05, 0) is 108 Å². The van der Waals surface area contributed by atoms with Gasteiger partial charge in [0.1, 0.15) is 17.3 Å². The van der Waals surface area contributed by atoms with Crippen LogP contribution in [0, 0.1) is 6.92 Å². The number of benzene rings is 3. The molecule has 0 fully saturated rings. The fourth-order valence-corrected chi connectivity index (χ4v) is 5.50. The topological polar surface area (TPSA) is 83.1 Å². The lowest BCUT2D eigenvalue weighted by Crippen LogP contribution is -2.15. The highest BCUT2D eigenvalue weighted by atomic mass is 16.5. The van der Waals surface area contributed by atoms with E-state index in [4.69, 9.17) is 19.5 Å². The smallest absolute Gasteiger partial charge is 0.162 e. The van der Waals surface area contributed by atoms with Gasteiger partial charge in [0.15, 0.2) is 5.78 Å². The van der Waals surface area contributed by atoms with Crippen molar-refractivity contribution in [2.75, 3.05) is 55.0 Å². The molecule has 1 aliphatic heterocycles. The molecule has 1 aliphatic rings. The van der Waals surface area contributed by atoms with Crippen LogP contribution in [0.2, 0.25) is 0 Å². The largest absolute Gasteiger partial charge is 0.496 e. The molecule has 0 amide bonds. The highest BCUT2D eigenvalue weighted by Gasteiger charge is 2.21. The van der Waals surface area contributed by atoms with Crippen LogP contribution in [0.4, 0.5) is 5.69 Å². The Morgan fingerprint density at radius 2 is 1.72 bits per heavy atom. The summed E-state index contributed by atoms with van der Waals surface area (Å²) >= 11 is 0. The average molecular weight is 582 g/mol. The Kier molecular flexibility index (Phi) is 9.58. The Morgan fingerprint density at radius 3 is 2.49 bits per heavy atom. The molecule has 8 nitrogen and oxygen atoms in total. The summed E-state index contributed by atoms with van der Waals surface area (Å²) in [5, 5.41) is 0. The monoisotopic (exact) mass is 581 g/mol. The molecule has 0 radical (unpaired) electrons. The van der Waals surface area contributed by atoms with Crippen molar-refractivity contribution in [3.05, 3.63) is 70.8 Å². The number of hydrogen-bond donors (Lipinski definition) is 1. The number of unbranched alkanes of at least 4 members (excludes halogenated alkanes) is 1. The number of aliphatic imine (C=N–C) groups is 1. The zero-order valence-electron chi connectivity index (χ0n) is 26.3. The number of carbonyl (C=O) groups is 1. The Balaban J connectivity index is 1.33. The van der Waals surface area contributed by atoms with Crippen molar-refractivity contribution in [3.63, 3.8) is 0 Å². The van der Waals surface area contributed by atoms with Crippen LogP contribution in [-0.4, -0.2) is 86.3 Å². The third-order valence-electron chi connectivity index (χ3n) is 7.86. The molecule has 0 saturated carbocycles. The number of hydrogen-bond acceptors (Lipinski definition) is 7. The predicted octanol–water partition coefficient (Wildman–Crippen LogP) is 6.47. The zero-order chi connectivity index (χ0) is 30.5. The molecule has 0 spiro atoms. The number of fused-ring (bicyclic) bond motifs is 2. The summed E-state index contributed by atoms with van der Waals surface area (Å²) in [6.45, 7) is 4.76. The van der Waals surface area contributed by atoms with Crippen LogP contribution in [0.15, 0.2) is 53.5 Å². The van der Waals surface area contributed by atoms with E-state index in [0.717, 1.165) is 89.4 Å². The third-order valence-corrected chi connectivity index (χ3v) is 7.86. The van der Waals surface area contributed by atoms with Gasteiger partial charge < -0.3 is 24.3 Å². The van der Waals surface area contributed by atoms with Gasteiger partial charge in [-0.25, -0.2) is 4.98 Å². The van der Waals surface area contributed by atoms with E-state index >= 15 is 0 Å².